The highest BCUT2D eigenvalue weighted by Crippen LogP contribution is 2.02. The van der Waals surface area contributed by atoms with E-state index in [1.807, 2.05) is 5.38 Å². The Bertz CT molecular complexity index is 321. The van der Waals surface area contributed by atoms with Crippen molar-refractivity contribution in [3.05, 3.63) is 16.6 Å². The van der Waals surface area contributed by atoms with Crippen LogP contribution in [0.3, 0.4) is 0 Å². The molecule has 0 saturated heterocycles. The van der Waals surface area contributed by atoms with Crippen molar-refractivity contribution in [2.75, 3.05) is 6.61 Å². The van der Waals surface area contributed by atoms with Gasteiger partial charge in [0.1, 0.15) is 5.01 Å². The summed E-state index contributed by atoms with van der Waals surface area (Å²) >= 11 is 1.52. The zero-order valence-electron chi connectivity index (χ0n) is 7.24. The number of rotatable bonds is 2. The lowest BCUT2D eigenvalue weighted by atomic mass is 10.4. The normalized spacial score (nSPS) is 8.69. The van der Waals surface area contributed by atoms with E-state index in [1.165, 1.54) is 11.3 Å². The van der Waals surface area contributed by atoms with Crippen molar-refractivity contribution >= 4 is 17.3 Å². The number of esters is 1. The minimum absolute atomic E-state index is 0.366. The number of hydrogen-bond acceptors (Lipinski definition) is 4. The Morgan fingerprint density at radius 1 is 1.77 bits per heavy atom. The maximum absolute atomic E-state index is 10.8. The second-order valence-electron chi connectivity index (χ2n) is 2.12. The third kappa shape index (κ3) is 3.72. The Hall–Kier alpha value is -1.34. The summed E-state index contributed by atoms with van der Waals surface area (Å²) in [6, 6.07) is 0. The van der Waals surface area contributed by atoms with Crippen LogP contribution in [0, 0.1) is 11.8 Å². The molecule has 1 aromatic rings. The van der Waals surface area contributed by atoms with Gasteiger partial charge in [0, 0.05) is 17.5 Å². The van der Waals surface area contributed by atoms with Crippen molar-refractivity contribution in [3.8, 4) is 11.8 Å². The summed E-state index contributed by atoms with van der Waals surface area (Å²) in [5.74, 6) is 4.60. The molecule has 0 radical (unpaired) electrons. The predicted octanol–water partition coefficient (Wildman–Crippen LogP) is 1.25. The van der Waals surface area contributed by atoms with Crippen molar-refractivity contribution in [2.45, 2.75) is 13.3 Å². The van der Waals surface area contributed by atoms with Crippen LogP contribution < -0.4 is 0 Å². The highest BCUT2D eigenvalue weighted by Gasteiger charge is 1.93. The molecular formula is C9H9NO2S. The Labute approximate surface area is 80.8 Å². The molecule has 0 unspecified atom stereocenters. The number of ether oxygens (including phenoxy) is 1. The van der Waals surface area contributed by atoms with E-state index in [-0.39, 0.29) is 0 Å². The first-order valence-electron chi connectivity index (χ1n) is 3.87. The lowest BCUT2D eigenvalue weighted by molar-refractivity contribution is -0.136. The zero-order chi connectivity index (χ0) is 9.52. The van der Waals surface area contributed by atoms with E-state index < -0.39 is 5.97 Å². The molecule has 4 heteroatoms. The second kappa shape index (κ2) is 5.33. The van der Waals surface area contributed by atoms with E-state index in [4.69, 9.17) is 0 Å². The van der Waals surface area contributed by atoms with Crippen LogP contribution >= 0.6 is 11.3 Å². The number of carbonyl (C=O) groups is 1. The van der Waals surface area contributed by atoms with Crippen molar-refractivity contribution in [2.24, 2.45) is 0 Å². The van der Waals surface area contributed by atoms with E-state index in [9.17, 15) is 4.79 Å². The molecule has 0 atom stereocenters. The van der Waals surface area contributed by atoms with Crippen LogP contribution in [-0.2, 0) is 16.0 Å². The van der Waals surface area contributed by atoms with Crippen molar-refractivity contribution < 1.29 is 9.53 Å². The Morgan fingerprint density at radius 2 is 2.62 bits per heavy atom. The first-order chi connectivity index (χ1) is 6.33. The average molecular weight is 195 g/mol. The summed E-state index contributed by atoms with van der Waals surface area (Å²) in [6.45, 7) is 2.12. The van der Waals surface area contributed by atoms with Crippen LogP contribution in [0.2, 0.25) is 0 Å². The molecule has 1 aromatic heterocycles. The smallest absolute Gasteiger partial charge is 0.384 e. The number of thiazole rings is 1. The summed E-state index contributed by atoms with van der Waals surface area (Å²) < 4.78 is 4.63. The van der Waals surface area contributed by atoms with Gasteiger partial charge in [0.2, 0.25) is 0 Å². The number of carbonyl (C=O) groups excluding carboxylic acids is 1. The molecular weight excluding hydrogens is 186 g/mol. The number of hydrogen-bond donors (Lipinski definition) is 0. The van der Waals surface area contributed by atoms with Gasteiger partial charge in [-0.2, -0.15) is 0 Å². The highest BCUT2D eigenvalue weighted by atomic mass is 32.1. The summed E-state index contributed by atoms with van der Waals surface area (Å²) in [4.78, 5) is 14.8. The fraction of sp³-hybridized carbons (Fsp3) is 0.333. The molecule has 0 aliphatic carbocycles. The molecule has 3 nitrogen and oxygen atoms in total. The number of aromatic nitrogens is 1. The molecule has 0 spiro atoms. The summed E-state index contributed by atoms with van der Waals surface area (Å²) in [6.07, 6.45) is 2.22. The fourth-order valence-corrected chi connectivity index (χ4v) is 1.26. The molecule has 0 fully saturated rings. The van der Waals surface area contributed by atoms with E-state index in [0.29, 0.717) is 13.0 Å². The largest absolute Gasteiger partial charge is 0.456 e. The highest BCUT2D eigenvalue weighted by molar-refractivity contribution is 7.09. The summed E-state index contributed by atoms with van der Waals surface area (Å²) in [7, 11) is 0. The van der Waals surface area contributed by atoms with Gasteiger partial charge in [0.15, 0.2) is 0 Å². The van der Waals surface area contributed by atoms with Gasteiger partial charge in [-0.05, 0) is 6.92 Å². The van der Waals surface area contributed by atoms with Crippen molar-refractivity contribution in [1.29, 1.82) is 0 Å². The summed E-state index contributed by atoms with van der Waals surface area (Å²) in [5.41, 5.74) is 0. The van der Waals surface area contributed by atoms with Crippen LogP contribution in [0.25, 0.3) is 0 Å². The number of nitrogens with zero attached hydrogens (tertiary/aromatic N) is 1. The topological polar surface area (TPSA) is 39.2 Å². The van der Waals surface area contributed by atoms with E-state index >= 15 is 0 Å². The van der Waals surface area contributed by atoms with Gasteiger partial charge >= 0.3 is 5.97 Å². The third-order valence-corrected chi connectivity index (χ3v) is 1.97. The first kappa shape index (κ1) is 9.75. The zero-order valence-corrected chi connectivity index (χ0v) is 8.06. The predicted molar refractivity (Wildman–Crippen MR) is 50.2 cm³/mol. The van der Waals surface area contributed by atoms with Crippen LogP contribution in [-0.4, -0.2) is 17.6 Å². The van der Waals surface area contributed by atoms with Crippen LogP contribution in [0.1, 0.15) is 11.9 Å². The third-order valence-electron chi connectivity index (χ3n) is 1.19. The van der Waals surface area contributed by atoms with Gasteiger partial charge in [-0.15, -0.1) is 11.3 Å². The molecule has 0 bridgehead atoms. The quantitative estimate of drug-likeness (QED) is 0.405. The average Bonchev–Trinajstić information content (AvgIpc) is 2.57. The first-order valence-corrected chi connectivity index (χ1v) is 4.75. The summed E-state index contributed by atoms with van der Waals surface area (Å²) in [5, 5.41) is 2.79. The monoisotopic (exact) mass is 195 g/mol. The van der Waals surface area contributed by atoms with Crippen molar-refractivity contribution in [1.82, 2.24) is 4.98 Å². The lowest BCUT2D eigenvalue weighted by Crippen LogP contribution is -1.99. The molecule has 1 rings (SSSR count). The van der Waals surface area contributed by atoms with E-state index in [1.54, 1.807) is 13.1 Å². The van der Waals surface area contributed by atoms with Gasteiger partial charge < -0.3 is 4.74 Å². The van der Waals surface area contributed by atoms with Gasteiger partial charge in [-0.3, -0.25) is 0 Å². The minimum Gasteiger partial charge on any atom is -0.456 e. The molecule has 68 valence electrons. The SMILES string of the molecule is CCOC(=O)C#CCc1nccs1. The fourth-order valence-electron chi connectivity index (χ4n) is 0.699. The lowest BCUT2D eigenvalue weighted by Gasteiger charge is -1.90. The molecule has 0 aliphatic heterocycles. The Kier molecular flexibility index (Phi) is 4.00. The Balaban J connectivity index is 2.37. The minimum atomic E-state index is -0.473. The molecule has 0 saturated carbocycles. The molecule has 13 heavy (non-hydrogen) atoms. The van der Waals surface area contributed by atoms with E-state index in [0.717, 1.165) is 5.01 Å². The van der Waals surface area contributed by atoms with Gasteiger partial charge in [0.25, 0.3) is 0 Å². The van der Waals surface area contributed by atoms with Crippen LogP contribution in [0.5, 0.6) is 0 Å². The molecule has 0 aromatic carbocycles. The van der Waals surface area contributed by atoms with Crippen LogP contribution in [0.15, 0.2) is 11.6 Å². The molecule has 0 aliphatic rings. The van der Waals surface area contributed by atoms with Gasteiger partial charge in [-0.1, -0.05) is 5.92 Å². The van der Waals surface area contributed by atoms with Crippen LogP contribution in [0.4, 0.5) is 0 Å². The molecule has 0 N–H and O–H groups in total. The second-order valence-corrected chi connectivity index (χ2v) is 3.10. The standard InChI is InChI=1S/C9H9NO2S/c1-2-12-9(11)5-3-4-8-10-6-7-13-8/h6-7H,2,4H2,1H3. The van der Waals surface area contributed by atoms with Crippen molar-refractivity contribution in [3.63, 3.8) is 0 Å². The van der Waals surface area contributed by atoms with E-state index in [2.05, 4.69) is 21.6 Å². The maximum atomic E-state index is 10.8. The van der Waals surface area contributed by atoms with Gasteiger partial charge in [0.05, 0.1) is 13.0 Å². The van der Waals surface area contributed by atoms with Gasteiger partial charge in [-0.25, -0.2) is 9.78 Å². The maximum Gasteiger partial charge on any atom is 0.384 e. The molecule has 1 heterocycles. The molecule has 0 amide bonds. The Morgan fingerprint density at radius 3 is 3.23 bits per heavy atom.